The maximum Gasteiger partial charge on any atom is 0.454 e. The molecule has 0 heterocycles. The third-order valence-electron chi connectivity index (χ3n) is 1.33. The Morgan fingerprint density at radius 2 is 2.00 bits per heavy atom. The van der Waals surface area contributed by atoms with Crippen molar-refractivity contribution in [2.24, 2.45) is 0 Å². The van der Waals surface area contributed by atoms with Crippen molar-refractivity contribution in [3.8, 4) is 0 Å². The molecule has 0 unspecified atom stereocenters. The Kier molecular flexibility index (Phi) is 4.51. The van der Waals surface area contributed by atoms with Crippen molar-refractivity contribution < 1.29 is 22.7 Å². The zero-order chi connectivity index (χ0) is 10.5. The highest BCUT2D eigenvalue weighted by atomic mass is 19.4. The molecule has 0 aromatic heterocycles. The molecule has 0 fully saturated rings. The minimum absolute atomic E-state index is 0.0600. The molecule has 0 aliphatic heterocycles. The minimum Gasteiger partial charge on any atom is -0.501 e. The predicted octanol–water partition coefficient (Wildman–Crippen LogP) is 2.45. The van der Waals surface area contributed by atoms with Crippen molar-refractivity contribution >= 4 is 5.78 Å². The zero-order valence-corrected chi connectivity index (χ0v) is 7.44. The van der Waals surface area contributed by atoms with Gasteiger partial charge in [-0.1, -0.05) is 6.92 Å². The molecule has 0 N–H and O–H groups in total. The Balaban J connectivity index is 4.42. The fourth-order valence-electron chi connectivity index (χ4n) is 0.708. The zero-order valence-electron chi connectivity index (χ0n) is 7.44. The molecule has 0 rings (SSSR count). The summed E-state index contributed by atoms with van der Waals surface area (Å²) in [4.78, 5) is 10.4. The molecule has 0 spiro atoms. The first kappa shape index (κ1) is 12.0. The lowest BCUT2D eigenvalue weighted by molar-refractivity contribution is -0.165. The first-order valence-electron chi connectivity index (χ1n) is 3.77. The Hall–Kier alpha value is -1.00. The van der Waals surface area contributed by atoms with Crippen LogP contribution in [0, 0.1) is 0 Å². The molecule has 13 heavy (non-hydrogen) atoms. The van der Waals surface area contributed by atoms with Crippen molar-refractivity contribution in [3.63, 3.8) is 0 Å². The third kappa shape index (κ3) is 4.55. The van der Waals surface area contributed by atoms with Crippen LogP contribution in [0.1, 0.15) is 19.8 Å². The normalized spacial score (nSPS) is 12.8. The van der Waals surface area contributed by atoms with Crippen LogP contribution < -0.4 is 0 Å². The second kappa shape index (κ2) is 4.89. The van der Waals surface area contributed by atoms with E-state index in [4.69, 9.17) is 0 Å². The van der Waals surface area contributed by atoms with Crippen molar-refractivity contribution in [1.29, 1.82) is 0 Å². The summed E-state index contributed by atoms with van der Waals surface area (Å²) in [6.07, 6.45) is -3.36. The number of ketones is 1. The van der Waals surface area contributed by atoms with Crippen molar-refractivity contribution in [1.82, 2.24) is 0 Å². The first-order chi connectivity index (χ1) is 5.91. The van der Waals surface area contributed by atoms with Gasteiger partial charge in [0.15, 0.2) is 0 Å². The molecule has 0 aromatic rings. The average Bonchev–Trinajstić information content (AvgIpc) is 2.01. The maximum absolute atomic E-state index is 11.7. The van der Waals surface area contributed by atoms with Crippen molar-refractivity contribution in [3.05, 3.63) is 11.8 Å². The van der Waals surface area contributed by atoms with Crippen LogP contribution in [0.4, 0.5) is 13.2 Å². The fourth-order valence-corrected chi connectivity index (χ4v) is 0.708. The molecule has 0 aliphatic carbocycles. The van der Waals surface area contributed by atoms with Gasteiger partial charge in [0.1, 0.15) is 0 Å². The molecule has 0 amide bonds. The molecule has 0 saturated carbocycles. The molecule has 2 nitrogen and oxygen atoms in total. The van der Waals surface area contributed by atoms with E-state index < -0.39 is 12.0 Å². The second-order valence-electron chi connectivity index (χ2n) is 2.43. The number of carbonyl (C=O) groups is 1. The van der Waals surface area contributed by atoms with Gasteiger partial charge in [0, 0.05) is 12.5 Å². The smallest absolute Gasteiger partial charge is 0.454 e. The number of ether oxygens (including phenoxy) is 1. The summed E-state index contributed by atoms with van der Waals surface area (Å²) in [6.45, 7) is 1.78. The van der Waals surface area contributed by atoms with Crippen LogP contribution in [-0.2, 0) is 9.53 Å². The molecule has 76 valence electrons. The summed E-state index contributed by atoms with van der Waals surface area (Å²) in [5, 5.41) is 0. The molecule has 0 bridgehead atoms. The number of carbonyl (C=O) groups excluding carboxylic acids is 1. The van der Waals surface area contributed by atoms with E-state index in [0.717, 1.165) is 0 Å². The van der Waals surface area contributed by atoms with Gasteiger partial charge in [0.05, 0.1) is 12.9 Å². The minimum atomic E-state index is -4.81. The van der Waals surface area contributed by atoms with E-state index in [9.17, 15) is 18.0 Å². The number of allylic oxidation sites excluding steroid dienone is 2. The van der Waals surface area contributed by atoms with Gasteiger partial charge < -0.3 is 4.74 Å². The molecule has 5 heteroatoms. The van der Waals surface area contributed by atoms with Gasteiger partial charge in [-0.2, -0.15) is 13.2 Å². The van der Waals surface area contributed by atoms with Crippen LogP contribution in [0.5, 0.6) is 0 Å². The van der Waals surface area contributed by atoms with Crippen LogP contribution in [-0.4, -0.2) is 19.1 Å². The second-order valence-corrected chi connectivity index (χ2v) is 2.43. The Morgan fingerprint density at radius 1 is 1.46 bits per heavy atom. The Bertz CT molecular complexity index is 206. The van der Waals surface area contributed by atoms with E-state index in [1.165, 1.54) is 7.11 Å². The van der Waals surface area contributed by atoms with Gasteiger partial charge >= 0.3 is 6.18 Å². The molecule has 0 aromatic carbocycles. The summed E-state index contributed by atoms with van der Waals surface area (Å²) < 4.78 is 39.8. The lowest BCUT2D eigenvalue weighted by atomic mass is 10.2. The maximum atomic E-state index is 11.7. The number of alkyl halides is 3. The van der Waals surface area contributed by atoms with Crippen LogP contribution >= 0.6 is 0 Å². The number of methoxy groups -OCH3 is 1. The SMILES string of the molecule is CCCC(=CC(=O)C(F)(F)F)OC. The topological polar surface area (TPSA) is 26.3 Å². The van der Waals surface area contributed by atoms with E-state index in [-0.39, 0.29) is 5.76 Å². The quantitative estimate of drug-likeness (QED) is 0.510. The van der Waals surface area contributed by atoms with Gasteiger partial charge in [0.25, 0.3) is 5.78 Å². The monoisotopic (exact) mass is 196 g/mol. The molecule has 0 aliphatic rings. The van der Waals surface area contributed by atoms with Gasteiger partial charge in [-0.05, 0) is 6.42 Å². The van der Waals surface area contributed by atoms with Gasteiger partial charge in [-0.3, -0.25) is 4.79 Å². The molecule has 0 atom stereocenters. The molecule has 0 radical (unpaired) electrons. The highest BCUT2D eigenvalue weighted by molar-refractivity contribution is 5.94. The lowest BCUT2D eigenvalue weighted by Crippen LogP contribution is -2.20. The number of halogens is 3. The van der Waals surface area contributed by atoms with E-state index >= 15 is 0 Å². The Morgan fingerprint density at radius 3 is 2.31 bits per heavy atom. The third-order valence-corrected chi connectivity index (χ3v) is 1.33. The molecular formula is C8H11F3O2. The number of rotatable bonds is 4. The first-order valence-corrected chi connectivity index (χ1v) is 3.77. The van der Waals surface area contributed by atoms with Gasteiger partial charge in [-0.25, -0.2) is 0 Å². The summed E-state index contributed by atoms with van der Waals surface area (Å²) in [7, 11) is 1.24. The highest BCUT2D eigenvalue weighted by Crippen LogP contribution is 2.18. The van der Waals surface area contributed by atoms with Crippen LogP contribution in [0.15, 0.2) is 11.8 Å². The summed E-state index contributed by atoms with van der Waals surface area (Å²) >= 11 is 0. The van der Waals surface area contributed by atoms with Crippen LogP contribution in [0.2, 0.25) is 0 Å². The molecule has 0 saturated heterocycles. The predicted molar refractivity (Wildman–Crippen MR) is 41.1 cm³/mol. The van der Waals surface area contributed by atoms with E-state index in [1.54, 1.807) is 6.92 Å². The summed E-state index contributed by atoms with van der Waals surface area (Å²) in [5.41, 5.74) is 0. The highest BCUT2D eigenvalue weighted by Gasteiger charge is 2.36. The number of hydrogen-bond donors (Lipinski definition) is 0. The van der Waals surface area contributed by atoms with Crippen molar-refractivity contribution in [2.45, 2.75) is 25.9 Å². The van der Waals surface area contributed by atoms with Crippen LogP contribution in [0.25, 0.3) is 0 Å². The lowest BCUT2D eigenvalue weighted by Gasteiger charge is -2.05. The van der Waals surface area contributed by atoms with Crippen molar-refractivity contribution in [2.75, 3.05) is 7.11 Å². The van der Waals surface area contributed by atoms with Crippen LogP contribution in [0.3, 0.4) is 0 Å². The standard InChI is InChI=1S/C8H11F3O2/c1-3-4-6(13-2)5-7(12)8(9,10)11/h5H,3-4H2,1-2H3. The summed E-state index contributed by atoms with van der Waals surface area (Å²) in [6, 6.07) is 0. The van der Waals surface area contributed by atoms with Gasteiger partial charge in [-0.15, -0.1) is 0 Å². The van der Waals surface area contributed by atoms with E-state index in [1.807, 2.05) is 0 Å². The van der Waals surface area contributed by atoms with E-state index in [0.29, 0.717) is 18.9 Å². The number of hydrogen-bond acceptors (Lipinski definition) is 2. The van der Waals surface area contributed by atoms with E-state index in [2.05, 4.69) is 4.74 Å². The summed E-state index contributed by atoms with van der Waals surface area (Å²) in [5.74, 6) is -1.82. The molecular weight excluding hydrogens is 185 g/mol. The fraction of sp³-hybridized carbons (Fsp3) is 0.625. The largest absolute Gasteiger partial charge is 0.501 e. The Labute approximate surface area is 74.4 Å². The van der Waals surface area contributed by atoms with Gasteiger partial charge in [0.2, 0.25) is 0 Å². The average molecular weight is 196 g/mol.